The maximum atomic E-state index is 13.3. The van der Waals surface area contributed by atoms with Crippen molar-refractivity contribution in [1.82, 2.24) is 14.9 Å². The minimum Gasteiger partial charge on any atom is -0.466 e. The molecular weight excluding hydrogens is 494 g/mol. The van der Waals surface area contributed by atoms with E-state index in [1.807, 2.05) is 25.1 Å². The molecule has 0 aromatic heterocycles. The predicted molar refractivity (Wildman–Crippen MR) is 138 cm³/mol. The molecule has 1 saturated heterocycles. The molecule has 2 aromatic carbocycles. The normalized spacial score (nSPS) is 20.2. The van der Waals surface area contributed by atoms with Gasteiger partial charge in [0.25, 0.3) is 0 Å². The molecule has 1 heterocycles. The molecule has 2 aromatic rings. The van der Waals surface area contributed by atoms with Gasteiger partial charge >= 0.3 is 5.97 Å². The zero-order valence-corrected chi connectivity index (χ0v) is 21.7. The minimum absolute atomic E-state index is 0.0913. The van der Waals surface area contributed by atoms with Crippen LogP contribution in [0.2, 0.25) is 0 Å². The van der Waals surface area contributed by atoms with Gasteiger partial charge in [0.2, 0.25) is 21.8 Å². The van der Waals surface area contributed by atoms with Crippen LogP contribution in [0.4, 0.5) is 0 Å². The average Bonchev–Trinajstić information content (AvgIpc) is 2.88. The zero-order chi connectivity index (χ0) is 26.6. The molecule has 1 aliphatic carbocycles. The number of aryl methyl sites for hydroxylation is 2. The lowest BCUT2D eigenvalue weighted by Gasteiger charge is -2.34. The van der Waals surface area contributed by atoms with Gasteiger partial charge < -0.3 is 15.4 Å². The molecule has 4 rings (SSSR count). The van der Waals surface area contributed by atoms with Gasteiger partial charge in [-0.2, -0.15) is 4.31 Å². The fraction of sp³-hybridized carbons (Fsp3) is 0.370. The Morgan fingerprint density at radius 3 is 2.68 bits per heavy atom. The topological polar surface area (TPSA) is 122 Å². The van der Waals surface area contributed by atoms with E-state index in [1.165, 1.54) is 25.3 Å². The molecule has 10 heteroatoms. The van der Waals surface area contributed by atoms with Crippen molar-refractivity contribution in [2.45, 2.75) is 49.6 Å². The number of piperazine rings is 1. The second kappa shape index (κ2) is 11.3. The highest BCUT2D eigenvalue weighted by Crippen LogP contribution is 2.31. The second-order valence-electron chi connectivity index (χ2n) is 9.27. The Hall–Kier alpha value is -3.50. The fourth-order valence-electron chi connectivity index (χ4n) is 4.77. The maximum absolute atomic E-state index is 13.3. The van der Waals surface area contributed by atoms with Crippen LogP contribution in [0.15, 0.2) is 53.4 Å². The number of esters is 1. The number of carbonyl (C=O) groups is 3. The number of methoxy groups -OCH3 is 1. The molecule has 9 nitrogen and oxygen atoms in total. The molecule has 1 unspecified atom stereocenters. The van der Waals surface area contributed by atoms with E-state index >= 15 is 0 Å². The van der Waals surface area contributed by atoms with Crippen LogP contribution in [0, 0.1) is 6.92 Å². The summed E-state index contributed by atoms with van der Waals surface area (Å²) in [4.78, 5) is 37.3. The first-order valence-corrected chi connectivity index (χ1v) is 13.7. The Morgan fingerprint density at radius 1 is 1.19 bits per heavy atom. The van der Waals surface area contributed by atoms with Crippen LogP contribution in [0.5, 0.6) is 0 Å². The van der Waals surface area contributed by atoms with Gasteiger partial charge in [0.15, 0.2) is 0 Å². The predicted octanol–water partition coefficient (Wildman–Crippen LogP) is 2.25. The molecule has 2 aliphatic rings. The van der Waals surface area contributed by atoms with Gasteiger partial charge in [0.1, 0.15) is 6.04 Å². The van der Waals surface area contributed by atoms with Crippen LogP contribution >= 0.6 is 0 Å². The number of fused-ring (bicyclic) bond motifs is 1. The van der Waals surface area contributed by atoms with Gasteiger partial charge in [0.05, 0.1) is 24.5 Å². The lowest BCUT2D eigenvalue weighted by molar-refractivity contribution is -0.134. The Kier molecular flexibility index (Phi) is 8.09. The van der Waals surface area contributed by atoms with E-state index in [0.29, 0.717) is 0 Å². The number of hydrogen-bond acceptors (Lipinski definition) is 6. The number of nitrogens with zero attached hydrogens (tertiary/aromatic N) is 1. The molecule has 196 valence electrons. The number of carbonyl (C=O) groups excluding carboxylic acids is 3. The first-order chi connectivity index (χ1) is 17.7. The molecule has 1 fully saturated rings. The van der Waals surface area contributed by atoms with Crippen LogP contribution in [0.25, 0.3) is 6.08 Å². The Balaban J connectivity index is 1.49. The van der Waals surface area contributed by atoms with Crippen molar-refractivity contribution in [2.75, 3.05) is 20.2 Å². The van der Waals surface area contributed by atoms with E-state index < -0.39 is 33.8 Å². The number of amides is 2. The highest BCUT2D eigenvalue weighted by molar-refractivity contribution is 7.89. The Bertz CT molecular complexity index is 1320. The van der Waals surface area contributed by atoms with Gasteiger partial charge in [-0.3, -0.25) is 9.59 Å². The van der Waals surface area contributed by atoms with Gasteiger partial charge in [-0.25, -0.2) is 13.2 Å². The van der Waals surface area contributed by atoms with Crippen molar-refractivity contribution in [2.24, 2.45) is 0 Å². The summed E-state index contributed by atoms with van der Waals surface area (Å²) in [6.45, 7) is 2.14. The molecular formula is C27H31N3O6S. The number of hydrogen-bond donors (Lipinski definition) is 2. The average molecular weight is 526 g/mol. The summed E-state index contributed by atoms with van der Waals surface area (Å²) in [6.07, 6.45) is 5.20. The van der Waals surface area contributed by atoms with E-state index in [-0.39, 0.29) is 30.4 Å². The molecule has 2 N–H and O–H groups in total. The standard InChI is InChI=1S/C27H31N3O6S/c1-18-6-10-21(11-7-18)37(34,35)30-15-14-28-27(33)24(30)17-25(31)29-23-5-3-4-20-16-19(8-12-22(20)23)9-13-26(32)36-2/h6-13,16,23-24H,3-5,14-15,17H2,1-2H3,(H,28,33)(H,29,31)/t23-,24?/m1/s1. The van der Waals surface area contributed by atoms with Gasteiger partial charge in [-0.15, -0.1) is 0 Å². The largest absolute Gasteiger partial charge is 0.466 e. The van der Waals surface area contributed by atoms with E-state index in [4.69, 9.17) is 0 Å². The van der Waals surface area contributed by atoms with Gasteiger partial charge in [0, 0.05) is 19.2 Å². The third-order valence-electron chi connectivity index (χ3n) is 6.72. The molecule has 0 radical (unpaired) electrons. The molecule has 2 amide bonds. The van der Waals surface area contributed by atoms with Crippen LogP contribution in [-0.2, 0) is 35.6 Å². The zero-order valence-electron chi connectivity index (χ0n) is 20.9. The summed E-state index contributed by atoms with van der Waals surface area (Å²) in [6, 6.07) is 10.8. The fourth-order valence-corrected chi connectivity index (χ4v) is 6.36. The quantitative estimate of drug-likeness (QED) is 0.423. The smallest absolute Gasteiger partial charge is 0.330 e. The van der Waals surface area contributed by atoms with E-state index in [0.717, 1.165) is 45.8 Å². The van der Waals surface area contributed by atoms with Crippen molar-refractivity contribution >= 4 is 33.9 Å². The van der Waals surface area contributed by atoms with Crippen LogP contribution < -0.4 is 10.6 Å². The Morgan fingerprint density at radius 2 is 1.95 bits per heavy atom. The van der Waals surface area contributed by atoms with Crippen LogP contribution in [0.3, 0.4) is 0 Å². The van der Waals surface area contributed by atoms with Crippen LogP contribution in [-0.4, -0.2) is 56.7 Å². The first-order valence-electron chi connectivity index (χ1n) is 12.2. The highest BCUT2D eigenvalue weighted by Gasteiger charge is 2.40. The van der Waals surface area contributed by atoms with Crippen molar-refractivity contribution in [3.63, 3.8) is 0 Å². The molecule has 37 heavy (non-hydrogen) atoms. The summed E-state index contributed by atoms with van der Waals surface area (Å²) < 4.78 is 32.4. The third kappa shape index (κ3) is 6.08. The monoisotopic (exact) mass is 525 g/mol. The number of benzene rings is 2. The number of ether oxygens (including phenoxy) is 1. The summed E-state index contributed by atoms with van der Waals surface area (Å²) in [5, 5.41) is 5.69. The molecule has 0 saturated carbocycles. The lowest BCUT2D eigenvalue weighted by atomic mass is 9.86. The summed E-state index contributed by atoms with van der Waals surface area (Å²) in [5.74, 6) is -1.31. The van der Waals surface area contributed by atoms with E-state index in [1.54, 1.807) is 18.2 Å². The van der Waals surface area contributed by atoms with Crippen LogP contribution in [0.1, 0.15) is 47.6 Å². The van der Waals surface area contributed by atoms with Gasteiger partial charge in [-0.05, 0) is 61.1 Å². The first kappa shape index (κ1) is 26.6. The molecule has 1 aliphatic heterocycles. The highest BCUT2D eigenvalue weighted by atomic mass is 32.2. The summed E-state index contributed by atoms with van der Waals surface area (Å²) in [7, 11) is -2.63. The van der Waals surface area contributed by atoms with E-state index in [2.05, 4.69) is 15.4 Å². The second-order valence-corrected chi connectivity index (χ2v) is 11.2. The maximum Gasteiger partial charge on any atom is 0.330 e. The molecule has 2 atom stereocenters. The molecule has 0 bridgehead atoms. The molecule has 0 spiro atoms. The van der Waals surface area contributed by atoms with Gasteiger partial charge in [-0.1, -0.05) is 35.9 Å². The number of sulfonamides is 1. The number of rotatable bonds is 7. The minimum atomic E-state index is -3.95. The summed E-state index contributed by atoms with van der Waals surface area (Å²) in [5.41, 5.74) is 3.83. The van der Waals surface area contributed by atoms with Crippen molar-refractivity contribution in [1.29, 1.82) is 0 Å². The number of nitrogens with one attached hydrogen (secondary N) is 2. The summed E-state index contributed by atoms with van der Waals surface area (Å²) >= 11 is 0. The Labute approximate surface area is 216 Å². The third-order valence-corrected chi connectivity index (χ3v) is 8.64. The van der Waals surface area contributed by atoms with E-state index in [9.17, 15) is 22.8 Å². The van der Waals surface area contributed by atoms with Crippen molar-refractivity contribution in [3.8, 4) is 0 Å². The van der Waals surface area contributed by atoms with Crippen molar-refractivity contribution < 1.29 is 27.5 Å². The SMILES string of the molecule is COC(=O)C=Cc1ccc2c(c1)CCC[C@H]2NC(=O)CC1C(=O)NCCN1S(=O)(=O)c1ccc(C)cc1. The van der Waals surface area contributed by atoms with Crippen molar-refractivity contribution in [3.05, 3.63) is 70.8 Å². The lowest BCUT2D eigenvalue weighted by Crippen LogP contribution is -2.58.